The lowest BCUT2D eigenvalue weighted by atomic mass is 9.92. The predicted molar refractivity (Wildman–Crippen MR) is 49.6 cm³/mol. The zero-order valence-corrected chi connectivity index (χ0v) is 8.46. The lowest BCUT2D eigenvalue weighted by Gasteiger charge is -2.25. The van der Waals surface area contributed by atoms with Gasteiger partial charge in [0.1, 0.15) is 0 Å². The molecule has 1 heteroatoms. The van der Waals surface area contributed by atoms with Gasteiger partial charge in [-0.2, -0.15) is 0 Å². The molecule has 1 nitrogen and oxygen atoms in total. The molecule has 1 aliphatic rings. The van der Waals surface area contributed by atoms with Crippen LogP contribution in [0.25, 0.3) is 0 Å². The van der Waals surface area contributed by atoms with Gasteiger partial charge in [0.15, 0.2) is 0 Å². The molecule has 0 aromatic rings. The number of hydrogen-bond donors (Lipinski definition) is 0. The molecule has 1 fully saturated rings. The van der Waals surface area contributed by atoms with Crippen LogP contribution in [-0.2, 0) is 0 Å². The molecule has 4 unspecified atom stereocenters. The van der Waals surface area contributed by atoms with E-state index in [0.29, 0.717) is 0 Å². The molecule has 1 rings (SSSR count). The Morgan fingerprint density at radius 3 is 1.45 bits per heavy atom. The van der Waals surface area contributed by atoms with Crippen molar-refractivity contribution in [1.29, 1.82) is 0 Å². The molecule has 1 heterocycles. The average molecular weight is 155 g/mol. The van der Waals surface area contributed by atoms with E-state index in [2.05, 4.69) is 39.5 Å². The summed E-state index contributed by atoms with van der Waals surface area (Å²) >= 11 is 0. The second kappa shape index (κ2) is 3.14. The molecule has 1 saturated heterocycles. The molecule has 0 radical (unpaired) electrons. The third-order valence-electron chi connectivity index (χ3n) is 3.76. The van der Waals surface area contributed by atoms with Crippen molar-refractivity contribution in [3.05, 3.63) is 0 Å². The van der Waals surface area contributed by atoms with E-state index in [1.165, 1.54) is 6.54 Å². The number of rotatable bonds is 1. The fourth-order valence-corrected chi connectivity index (χ4v) is 2.43. The second-order valence-electron chi connectivity index (χ2n) is 4.03. The molecular weight excluding hydrogens is 134 g/mol. The van der Waals surface area contributed by atoms with Gasteiger partial charge in [-0.25, -0.2) is 0 Å². The van der Waals surface area contributed by atoms with Crippen LogP contribution < -0.4 is 0 Å². The first kappa shape index (κ1) is 9.05. The summed E-state index contributed by atoms with van der Waals surface area (Å²) in [5.74, 6) is 1.73. The largest absolute Gasteiger partial charge is 0.298 e. The van der Waals surface area contributed by atoms with Gasteiger partial charge in [-0.3, -0.25) is 4.90 Å². The monoisotopic (exact) mass is 155 g/mol. The Morgan fingerprint density at radius 1 is 0.909 bits per heavy atom. The van der Waals surface area contributed by atoms with Crippen molar-refractivity contribution in [2.24, 2.45) is 11.8 Å². The van der Waals surface area contributed by atoms with E-state index in [0.717, 1.165) is 23.9 Å². The fourth-order valence-electron chi connectivity index (χ4n) is 2.43. The first-order valence-corrected chi connectivity index (χ1v) is 4.85. The topological polar surface area (TPSA) is 3.24 Å². The summed E-state index contributed by atoms with van der Waals surface area (Å²) in [5, 5.41) is 0. The van der Waals surface area contributed by atoms with E-state index in [-0.39, 0.29) is 0 Å². The Bertz CT molecular complexity index is 119. The van der Waals surface area contributed by atoms with Gasteiger partial charge in [0.25, 0.3) is 0 Å². The maximum absolute atomic E-state index is 2.61. The molecule has 4 atom stereocenters. The van der Waals surface area contributed by atoms with E-state index in [1.807, 2.05) is 0 Å². The molecule has 0 N–H and O–H groups in total. The number of nitrogens with zero attached hydrogens (tertiary/aromatic N) is 1. The molecule has 0 bridgehead atoms. The summed E-state index contributed by atoms with van der Waals surface area (Å²) in [6.07, 6.45) is 0. The summed E-state index contributed by atoms with van der Waals surface area (Å²) in [5.41, 5.74) is 0. The van der Waals surface area contributed by atoms with Crippen LogP contribution in [0.3, 0.4) is 0 Å². The van der Waals surface area contributed by atoms with Gasteiger partial charge in [0, 0.05) is 12.1 Å². The van der Waals surface area contributed by atoms with Crippen LogP contribution in [0.2, 0.25) is 0 Å². The van der Waals surface area contributed by atoms with E-state index in [1.54, 1.807) is 0 Å². The molecule has 11 heavy (non-hydrogen) atoms. The fraction of sp³-hybridized carbons (Fsp3) is 1.00. The van der Waals surface area contributed by atoms with E-state index in [4.69, 9.17) is 0 Å². The van der Waals surface area contributed by atoms with Gasteiger partial charge in [-0.15, -0.1) is 0 Å². The Labute approximate surface area is 70.8 Å². The third kappa shape index (κ3) is 1.31. The van der Waals surface area contributed by atoms with Crippen LogP contribution in [-0.4, -0.2) is 23.5 Å². The minimum atomic E-state index is 0.782. The molecule has 0 saturated carbocycles. The highest BCUT2D eigenvalue weighted by Gasteiger charge is 2.37. The van der Waals surface area contributed by atoms with E-state index >= 15 is 0 Å². The first-order chi connectivity index (χ1) is 5.09. The quantitative estimate of drug-likeness (QED) is 0.562. The van der Waals surface area contributed by atoms with Crippen LogP contribution in [0, 0.1) is 11.8 Å². The van der Waals surface area contributed by atoms with Crippen molar-refractivity contribution in [2.75, 3.05) is 6.54 Å². The zero-order chi connectivity index (χ0) is 8.59. The molecule has 0 amide bonds. The van der Waals surface area contributed by atoms with Crippen molar-refractivity contribution in [1.82, 2.24) is 4.90 Å². The maximum atomic E-state index is 2.61. The minimum absolute atomic E-state index is 0.782. The van der Waals surface area contributed by atoms with Gasteiger partial charge in [0.2, 0.25) is 0 Å². The summed E-state index contributed by atoms with van der Waals surface area (Å²) < 4.78 is 0. The standard InChI is InChI=1S/C10H21N/c1-6-11-9(4)7(2)8(3)10(11)5/h7-10H,6H2,1-5H3. The minimum Gasteiger partial charge on any atom is -0.298 e. The van der Waals surface area contributed by atoms with Gasteiger partial charge < -0.3 is 0 Å². The summed E-state index contributed by atoms with van der Waals surface area (Å²) in [6.45, 7) is 12.9. The summed E-state index contributed by atoms with van der Waals surface area (Å²) in [6, 6.07) is 1.56. The van der Waals surface area contributed by atoms with Gasteiger partial charge in [-0.1, -0.05) is 20.8 Å². The Balaban J connectivity index is 2.69. The van der Waals surface area contributed by atoms with Crippen molar-refractivity contribution < 1.29 is 0 Å². The highest BCUT2D eigenvalue weighted by molar-refractivity contribution is 4.91. The van der Waals surface area contributed by atoms with Gasteiger partial charge in [-0.05, 0) is 32.2 Å². The molecule has 0 aliphatic carbocycles. The average Bonchev–Trinajstić information content (AvgIpc) is 2.17. The molecule has 0 spiro atoms. The normalized spacial score (nSPS) is 46.6. The maximum Gasteiger partial charge on any atom is 0.00984 e. The van der Waals surface area contributed by atoms with E-state index in [9.17, 15) is 0 Å². The predicted octanol–water partition coefficient (Wildman–Crippen LogP) is 2.37. The Kier molecular flexibility index (Phi) is 2.58. The lowest BCUT2D eigenvalue weighted by molar-refractivity contribution is 0.209. The highest BCUT2D eigenvalue weighted by atomic mass is 15.2. The number of likely N-dealkylation sites (tertiary alicyclic amines) is 1. The molecule has 66 valence electrons. The molecular formula is C10H21N. The SMILES string of the molecule is CCN1C(C)C(C)C(C)C1C. The van der Waals surface area contributed by atoms with Crippen LogP contribution in [0.1, 0.15) is 34.6 Å². The van der Waals surface area contributed by atoms with Crippen LogP contribution >= 0.6 is 0 Å². The Morgan fingerprint density at radius 2 is 1.27 bits per heavy atom. The van der Waals surface area contributed by atoms with Gasteiger partial charge >= 0.3 is 0 Å². The van der Waals surface area contributed by atoms with Crippen LogP contribution in [0.4, 0.5) is 0 Å². The zero-order valence-electron chi connectivity index (χ0n) is 8.46. The highest BCUT2D eigenvalue weighted by Crippen LogP contribution is 2.33. The summed E-state index contributed by atoms with van der Waals surface area (Å²) in [7, 11) is 0. The Hall–Kier alpha value is -0.0400. The molecule has 0 aromatic carbocycles. The van der Waals surface area contributed by atoms with Crippen LogP contribution in [0.5, 0.6) is 0 Å². The summed E-state index contributed by atoms with van der Waals surface area (Å²) in [4.78, 5) is 2.61. The van der Waals surface area contributed by atoms with Crippen molar-refractivity contribution in [3.8, 4) is 0 Å². The van der Waals surface area contributed by atoms with E-state index < -0.39 is 0 Å². The van der Waals surface area contributed by atoms with Crippen LogP contribution in [0.15, 0.2) is 0 Å². The first-order valence-electron chi connectivity index (χ1n) is 4.85. The second-order valence-corrected chi connectivity index (χ2v) is 4.03. The lowest BCUT2D eigenvalue weighted by Crippen LogP contribution is -2.34. The van der Waals surface area contributed by atoms with Crippen molar-refractivity contribution >= 4 is 0 Å². The third-order valence-corrected chi connectivity index (χ3v) is 3.76. The van der Waals surface area contributed by atoms with Crippen molar-refractivity contribution in [2.45, 2.75) is 46.7 Å². The van der Waals surface area contributed by atoms with Gasteiger partial charge in [0.05, 0.1) is 0 Å². The number of hydrogen-bond acceptors (Lipinski definition) is 1. The van der Waals surface area contributed by atoms with Crippen molar-refractivity contribution in [3.63, 3.8) is 0 Å². The molecule has 0 aromatic heterocycles. The smallest absolute Gasteiger partial charge is 0.00984 e. The molecule has 1 aliphatic heterocycles.